The van der Waals surface area contributed by atoms with Crippen molar-refractivity contribution in [3.8, 4) is 6.07 Å². The highest BCUT2D eigenvalue weighted by Gasteiger charge is 2.45. The summed E-state index contributed by atoms with van der Waals surface area (Å²) in [5.74, 6) is -0.169. The molecule has 2 aromatic rings. The van der Waals surface area contributed by atoms with Crippen LogP contribution in [-0.2, 0) is 5.60 Å². The fraction of sp³-hybridized carbons (Fsp3) is 0.211. The molecular formula is C19H18N2O. The molecule has 0 aromatic heterocycles. The van der Waals surface area contributed by atoms with Crippen molar-refractivity contribution in [1.82, 2.24) is 0 Å². The summed E-state index contributed by atoms with van der Waals surface area (Å²) in [5.41, 5.74) is 8.49. The second kappa shape index (κ2) is 5.32. The van der Waals surface area contributed by atoms with Gasteiger partial charge in [0, 0.05) is 5.92 Å². The van der Waals surface area contributed by atoms with Crippen LogP contribution in [0.3, 0.4) is 0 Å². The van der Waals surface area contributed by atoms with E-state index in [1.54, 1.807) is 0 Å². The number of aryl methyl sites for hydroxylation is 1. The molecule has 0 heterocycles. The van der Waals surface area contributed by atoms with Crippen molar-refractivity contribution in [2.45, 2.75) is 24.9 Å². The summed E-state index contributed by atoms with van der Waals surface area (Å²) >= 11 is 0. The number of hydrogen-bond donors (Lipinski definition) is 2. The summed E-state index contributed by atoms with van der Waals surface area (Å²) in [5, 5.41) is 20.6. The van der Waals surface area contributed by atoms with Gasteiger partial charge in [0.15, 0.2) is 0 Å². The van der Waals surface area contributed by atoms with Crippen LogP contribution in [0.4, 0.5) is 0 Å². The topological polar surface area (TPSA) is 70.0 Å². The molecule has 2 atom stereocenters. The second-order valence-corrected chi connectivity index (χ2v) is 5.83. The quantitative estimate of drug-likeness (QED) is 0.892. The molecule has 3 nitrogen and oxygen atoms in total. The van der Waals surface area contributed by atoms with Gasteiger partial charge in [0.2, 0.25) is 0 Å². The van der Waals surface area contributed by atoms with Crippen molar-refractivity contribution in [2.24, 2.45) is 5.73 Å². The maximum atomic E-state index is 11.1. The van der Waals surface area contributed by atoms with Crippen LogP contribution in [0.25, 0.3) is 0 Å². The third-order valence-corrected chi connectivity index (χ3v) is 4.44. The summed E-state index contributed by atoms with van der Waals surface area (Å²) in [7, 11) is 0. The highest BCUT2D eigenvalue weighted by atomic mass is 16.3. The maximum Gasteiger partial charge on any atom is 0.131 e. The van der Waals surface area contributed by atoms with Crippen molar-refractivity contribution in [3.05, 3.63) is 82.6 Å². The van der Waals surface area contributed by atoms with Gasteiger partial charge < -0.3 is 10.8 Å². The SMILES string of the molecule is Cc1ccc([C@]2(O)C[C@@H](c3ccccc3)C(C#N)=C2N)cc1. The average molecular weight is 290 g/mol. The van der Waals surface area contributed by atoms with E-state index in [4.69, 9.17) is 5.73 Å². The Morgan fingerprint density at radius 3 is 2.36 bits per heavy atom. The molecule has 3 N–H and O–H groups in total. The summed E-state index contributed by atoms with van der Waals surface area (Å²) in [6, 6.07) is 19.6. The van der Waals surface area contributed by atoms with Gasteiger partial charge in [-0.2, -0.15) is 5.26 Å². The van der Waals surface area contributed by atoms with E-state index >= 15 is 0 Å². The maximum absolute atomic E-state index is 11.1. The first kappa shape index (κ1) is 14.4. The number of nitriles is 1. The van der Waals surface area contributed by atoms with Gasteiger partial charge in [-0.25, -0.2) is 0 Å². The Balaban J connectivity index is 2.07. The predicted octanol–water partition coefficient (Wildman–Crippen LogP) is 3.11. The standard InChI is InChI=1S/C19H18N2O/c1-13-7-9-15(10-8-13)19(22)11-16(17(12-20)18(19)21)14-5-3-2-4-6-14/h2-10,16,22H,11,21H2,1H3/t16-,19+/m0/s1. The molecule has 1 aliphatic rings. The number of nitrogens with zero attached hydrogens (tertiary/aromatic N) is 1. The minimum absolute atomic E-state index is 0.169. The zero-order valence-electron chi connectivity index (χ0n) is 12.5. The van der Waals surface area contributed by atoms with E-state index in [0.717, 1.165) is 16.7 Å². The van der Waals surface area contributed by atoms with E-state index in [0.29, 0.717) is 12.0 Å². The average Bonchev–Trinajstić information content (AvgIpc) is 2.81. The molecule has 0 bridgehead atoms. The molecule has 0 fully saturated rings. The molecule has 1 aliphatic carbocycles. The molecule has 0 amide bonds. The predicted molar refractivity (Wildman–Crippen MR) is 85.7 cm³/mol. The van der Waals surface area contributed by atoms with Gasteiger partial charge in [0.25, 0.3) is 0 Å². The molecular weight excluding hydrogens is 272 g/mol. The van der Waals surface area contributed by atoms with E-state index in [-0.39, 0.29) is 11.6 Å². The monoisotopic (exact) mass is 290 g/mol. The Labute approximate surface area is 130 Å². The molecule has 0 saturated carbocycles. The van der Waals surface area contributed by atoms with Crippen molar-refractivity contribution >= 4 is 0 Å². The third kappa shape index (κ3) is 2.18. The van der Waals surface area contributed by atoms with Crippen molar-refractivity contribution in [2.75, 3.05) is 0 Å². The molecule has 0 radical (unpaired) electrons. The van der Waals surface area contributed by atoms with Crippen molar-refractivity contribution in [3.63, 3.8) is 0 Å². The van der Waals surface area contributed by atoms with Gasteiger partial charge in [-0.05, 0) is 24.5 Å². The van der Waals surface area contributed by atoms with Crippen LogP contribution >= 0.6 is 0 Å². The van der Waals surface area contributed by atoms with Gasteiger partial charge in [0.1, 0.15) is 5.60 Å². The van der Waals surface area contributed by atoms with Crippen LogP contribution in [0, 0.1) is 18.3 Å². The number of benzene rings is 2. The van der Waals surface area contributed by atoms with Gasteiger partial charge in [-0.15, -0.1) is 0 Å². The first-order valence-electron chi connectivity index (χ1n) is 7.31. The zero-order valence-corrected chi connectivity index (χ0v) is 12.5. The van der Waals surface area contributed by atoms with Crippen LogP contribution in [0.1, 0.15) is 29.0 Å². The third-order valence-electron chi connectivity index (χ3n) is 4.44. The lowest BCUT2D eigenvalue weighted by molar-refractivity contribution is 0.0724. The largest absolute Gasteiger partial charge is 0.399 e. The van der Waals surface area contributed by atoms with Gasteiger partial charge in [0.05, 0.1) is 17.3 Å². The first-order valence-corrected chi connectivity index (χ1v) is 7.31. The van der Waals surface area contributed by atoms with Crippen LogP contribution in [0.15, 0.2) is 65.9 Å². The lowest BCUT2D eigenvalue weighted by atomic mass is 9.86. The molecule has 0 unspecified atom stereocenters. The van der Waals surface area contributed by atoms with Gasteiger partial charge >= 0.3 is 0 Å². The Morgan fingerprint density at radius 2 is 1.77 bits per heavy atom. The molecule has 0 saturated heterocycles. The Morgan fingerprint density at radius 1 is 1.14 bits per heavy atom. The molecule has 2 aromatic carbocycles. The van der Waals surface area contributed by atoms with Crippen LogP contribution in [0.2, 0.25) is 0 Å². The minimum atomic E-state index is -1.28. The molecule has 0 spiro atoms. The van der Waals surface area contributed by atoms with Crippen LogP contribution in [0.5, 0.6) is 0 Å². The molecule has 3 heteroatoms. The Hall–Kier alpha value is -2.57. The lowest BCUT2D eigenvalue weighted by Gasteiger charge is -2.25. The summed E-state index contributed by atoms with van der Waals surface area (Å²) in [6.07, 6.45) is 0.398. The van der Waals surface area contributed by atoms with Gasteiger partial charge in [-0.3, -0.25) is 0 Å². The second-order valence-electron chi connectivity index (χ2n) is 5.83. The molecule has 0 aliphatic heterocycles. The summed E-state index contributed by atoms with van der Waals surface area (Å²) < 4.78 is 0. The number of rotatable bonds is 2. The van der Waals surface area contributed by atoms with Crippen LogP contribution in [-0.4, -0.2) is 5.11 Å². The van der Waals surface area contributed by atoms with E-state index in [2.05, 4.69) is 6.07 Å². The van der Waals surface area contributed by atoms with Gasteiger partial charge in [-0.1, -0.05) is 60.2 Å². The normalized spacial score (nSPS) is 24.3. The highest BCUT2D eigenvalue weighted by molar-refractivity contribution is 5.50. The summed E-state index contributed by atoms with van der Waals surface area (Å²) in [4.78, 5) is 0. The Kier molecular flexibility index (Phi) is 3.48. The minimum Gasteiger partial charge on any atom is -0.399 e. The lowest BCUT2D eigenvalue weighted by Crippen LogP contribution is -2.30. The number of nitrogens with two attached hydrogens (primary N) is 1. The smallest absolute Gasteiger partial charge is 0.131 e. The number of aliphatic hydroxyl groups is 1. The highest BCUT2D eigenvalue weighted by Crippen LogP contribution is 2.48. The van der Waals surface area contributed by atoms with E-state index < -0.39 is 5.60 Å². The van der Waals surface area contributed by atoms with E-state index in [9.17, 15) is 10.4 Å². The summed E-state index contributed by atoms with van der Waals surface area (Å²) in [6.45, 7) is 2.00. The van der Waals surface area contributed by atoms with Crippen molar-refractivity contribution < 1.29 is 5.11 Å². The molecule has 110 valence electrons. The molecule has 22 heavy (non-hydrogen) atoms. The number of hydrogen-bond acceptors (Lipinski definition) is 3. The fourth-order valence-corrected chi connectivity index (χ4v) is 3.13. The first-order chi connectivity index (χ1) is 10.6. The molecule has 3 rings (SSSR count). The fourth-order valence-electron chi connectivity index (χ4n) is 3.13. The number of allylic oxidation sites excluding steroid dienone is 1. The van der Waals surface area contributed by atoms with Crippen molar-refractivity contribution in [1.29, 1.82) is 5.26 Å². The van der Waals surface area contributed by atoms with Crippen LogP contribution < -0.4 is 5.73 Å². The van der Waals surface area contributed by atoms with E-state index in [1.807, 2.05) is 61.5 Å². The zero-order chi connectivity index (χ0) is 15.7. The van der Waals surface area contributed by atoms with E-state index in [1.165, 1.54) is 0 Å². The Bertz CT molecular complexity index is 756.